The van der Waals surface area contributed by atoms with Crippen LogP contribution in [-0.2, 0) is 16.1 Å². The van der Waals surface area contributed by atoms with Crippen molar-refractivity contribution in [2.45, 2.75) is 46.2 Å². The summed E-state index contributed by atoms with van der Waals surface area (Å²) in [7, 11) is 0. The van der Waals surface area contributed by atoms with E-state index in [4.69, 9.17) is 10.2 Å². The summed E-state index contributed by atoms with van der Waals surface area (Å²) in [5.41, 5.74) is 6.48. The van der Waals surface area contributed by atoms with Crippen molar-refractivity contribution in [2.75, 3.05) is 11.9 Å². The Kier molecular flexibility index (Phi) is 6.08. The molecule has 2 aromatic rings. The number of hydrogen-bond acceptors (Lipinski definition) is 5. The summed E-state index contributed by atoms with van der Waals surface area (Å²) in [5.74, 6) is 0.223. The van der Waals surface area contributed by atoms with E-state index >= 15 is 0 Å². The van der Waals surface area contributed by atoms with Crippen molar-refractivity contribution in [2.24, 2.45) is 5.73 Å². The van der Waals surface area contributed by atoms with Gasteiger partial charge in [0.15, 0.2) is 0 Å². The molecule has 27 heavy (non-hydrogen) atoms. The van der Waals surface area contributed by atoms with Crippen molar-refractivity contribution in [3.63, 3.8) is 0 Å². The zero-order valence-corrected chi connectivity index (χ0v) is 16.0. The third-order valence-corrected chi connectivity index (χ3v) is 4.98. The molecule has 2 amide bonds. The zero-order valence-electron chi connectivity index (χ0n) is 16.0. The molecule has 0 fully saturated rings. The summed E-state index contributed by atoms with van der Waals surface area (Å²) in [6.45, 7) is 7.46. The second-order valence-corrected chi connectivity index (χ2v) is 6.66. The van der Waals surface area contributed by atoms with Crippen molar-refractivity contribution in [1.82, 2.24) is 9.88 Å². The van der Waals surface area contributed by atoms with Crippen LogP contribution in [0.3, 0.4) is 0 Å². The van der Waals surface area contributed by atoms with E-state index in [0.717, 1.165) is 11.3 Å². The van der Waals surface area contributed by atoms with E-state index in [0.29, 0.717) is 30.1 Å². The molecular formula is C19H25N5O3. The zero-order chi connectivity index (χ0) is 20.2. The summed E-state index contributed by atoms with van der Waals surface area (Å²) < 4.78 is 7.22. The molecule has 0 radical (unpaired) electrons. The fraction of sp³-hybridized carbons (Fsp3) is 0.421. The van der Waals surface area contributed by atoms with Gasteiger partial charge in [0.1, 0.15) is 17.6 Å². The van der Waals surface area contributed by atoms with Crippen LogP contribution in [0.2, 0.25) is 0 Å². The topological polar surface area (TPSA) is 126 Å². The normalized spacial score (nSPS) is 13.0. The number of hydrogen-bond donors (Lipinski definition) is 3. The lowest BCUT2D eigenvalue weighted by Gasteiger charge is -2.25. The van der Waals surface area contributed by atoms with E-state index in [1.54, 1.807) is 19.3 Å². The Morgan fingerprint density at radius 1 is 1.41 bits per heavy atom. The fourth-order valence-corrected chi connectivity index (χ4v) is 2.72. The van der Waals surface area contributed by atoms with Crippen molar-refractivity contribution in [1.29, 1.82) is 5.26 Å². The molecule has 1 unspecified atom stereocenters. The maximum absolute atomic E-state index is 12.5. The lowest BCUT2D eigenvalue weighted by Crippen LogP contribution is -2.54. The SMILES string of the molecule is CCC(C)(NCC(=O)Nc1c(C#N)c(C)c(C)n1Cc1ccco1)C(N)=O. The van der Waals surface area contributed by atoms with Crippen LogP contribution in [0.1, 0.15) is 42.8 Å². The van der Waals surface area contributed by atoms with E-state index in [1.165, 1.54) is 0 Å². The molecule has 8 heteroatoms. The molecule has 0 aliphatic heterocycles. The third-order valence-electron chi connectivity index (χ3n) is 4.98. The van der Waals surface area contributed by atoms with Crippen molar-refractivity contribution < 1.29 is 14.0 Å². The molecule has 0 saturated heterocycles. The number of amides is 2. The number of furan rings is 1. The number of carbonyl (C=O) groups is 2. The average Bonchev–Trinajstić information content (AvgIpc) is 3.22. The fourth-order valence-electron chi connectivity index (χ4n) is 2.72. The van der Waals surface area contributed by atoms with Gasteiger partial charge in [-0.3, -0.25) is 14.9 Å². The standard InChI is InChI=1S/C19H25N5O3/c1-5-19(4,18(21)26)22-10-16(25)23-17-15(9-20)12(2)13(3)24(17)11-14-7-6-8-27-14/h6-8,22H,5,10-11H2,1-4H3,(H2,21,26)(H,23,25). The van der Waals surface area contributed by atoms with E-state index in [2.05, 4.69) is 16.7 Å². The quantitative estimate of drug-likeness (QED) is 0.652. The molecule has 0 saturated carbocycles. The third kappa shape index (κ3) is 4.20. The maximum atomic E-state index is 12.5. The molecule has 4 N–H and O–H groups in total. The number of carbonyl (C=O) groups excluding carboxylic acids is 2. The highest BCUT2D eigenvalue weighted by Gasteiger charge is 2.29. The second kappa shape index (κ2) is 8.10. The van der Waals surface area contributed by atoms with Crippen LogP contribution < -0.4 is 16.4 Å². The highest BCUT2D eigenvalue weighted by atomic mass is 16.3. The first-order chi connectivity index (χ1) is 12.7. The first-order valence-electron chi connectivity index (χ1n) is 8.70. The van der Waals surface area contributed by atoms with Gasteiger partial charge in [0, 0.05) is 5.69 Å². The lowest BCUT2D eigenvalue weighted by atomic mass is 9.98. The first-order valence-corrected chi connectivity index (χ1v) is 8.70. The Morgan fingerprint density at radius 2 is 2.11 bits per heavy atom. The summed E-state index contributed by atoms with van der Waals surface area (Å²) in [6, 6.07) is 5.76. The molecule has 144 valence electrons. The smallest absolute Gasteiger partial charge is 0.239 e. The highest BCUT2D eigenvalue weighted by molar-refractivity contribution is 5.94. The van der Waals surface area contributed by atoms with Crippen LogP contribution in [0.25, 0.3) is 0 Å². The molecule has 0 aromatic carbocycles. The van der Waals surface area contributed by atoms with Crippen molar-refractivity contribution in [3.8, 4) is 6.07 Å². The number of nitrogens with zero attached hydrogens (tertiary/aromatic N) is 2. The Hall–Kier alpha value is -3.05. The number of aromatic nitrogens is 1. The predicted octanol–water partition coefficient (Wildman–Crippen LogP) is 1.80. The Labute approximate surface area is 158 Å². The van der Waals surface area contributed by atoms with E-state index in [9.17, 15) is 14.9 Å². The summed E-state index contributed by atoms with van der Waals surface area (Å²) >= 11 is 0. The van der Waals surface area contributed by atoms with Crippen LogP contribution in [0.4, 0.5) is 5.82 Å². The van der Waals surface area contributed by atoms with Gasteiger partial charge in [0.2, 0.25) is 11.8 Å². The van der Waals surface area contributed by atoms with Gasteiger partial charge in [-0.1, -0.05) is 6.92 Å². The molecule has 0 aliphatic carbocycles. The number of nitrogens with two attached hydrogens (primary N) is 1. The van der Waals surface area contributed by atoms with Crippen LogP contribution in [0, 0.1) is 25.2 Å². The van der Waals surface area contributed by atoms with Crippen LogP contribution in [-0.4, -0.2) is 28.5 Å². The summed E-state index contributed by atoms with van der Waals surface area (Å²) in [5, 5.41) is 15.2. The molecule has 2 heterocycles. The number of rotatable bonds is 8. The second-order valence-electron chi connectivity index (χ2n) is 6.66. The van der Waals surface area contributed by atoms with E-state index in [1.807, 2.05) is 31.4 Å². The molecule has 8 nitrogen and oxygen atoms in total. The van der Waals surface area contributed by atoms with E-state index < -0.39 is 11.4 Å². The number of primary amides is 1. The highest BCUT2D eigenvalue weighted by Crippen LogP contribution is 2.27. The van der Waals surface area contributed by atoms with Crippen LogP contribution in [0.15, 0.2) is 22.8 Å². The average molecular weight is 371 g/mol. The molecule has 0 spiro atoms. The lowest BCUT2D eigenvalue weighted by molar-refractivity contribution is -0.124. The molecule has 0 bridgehead atoms. The van der Waals surface area contributed by atoms with Gasteiger partial charge in [-0.15, -0.1) is 0 Å². The summed E-state index contributed by atoms with van der Waals surface area (Å²) in [4.78, 5) is 24.0. The van der Waals surface area contributed by atoms with Gasteiger partial charge < -0.3 is 20.0 Å². The van der Waals surface area contributed by atoms with Gasteiger partial charge in [-0.2, -0.15) is 5.26 Å². The minimum absolute atomic E-state index is 0.109. The Balaban J connectivity index is 2.24. The van der Waals surface area contributed by atoms with Crippen LogP contribution >= 0.6 is 0 Å². The summed E-state index contributed by atoms with van der Waals surface area (Å²) in [6.07, 6.45) is 2.02. The van der Waals surface area contributed by atoms with Gasteiger partial charge in [0.05, 0.1) is 30.5 Å². The van der Waals surface area contributed by atoms with Crippen molar-refractivity contribution in [3.05, 3.63) is 41.0 Å². The van der Waals surface area contributed by atoms with Gasteiger partial charge in [-0.25, -0.2) is 0 Å². The minimum atomic E-state index is -0.975. The predicted molar refractivity (Wildman–Crippen MR) is 101 cm³/mol. The van der Waals surface area contributed by atoms with E-state index in [-0.39, 0.29) is 12.5 Å². The monoisotopic (exact) mass is 371 g/mol. The minimum Gasteiger partial charge on any atom is -0.467 e. The van der Waals surface area contributed by atoms with Gasteiger partial charge in [0.25, 0.3) is 0 Å². The van der Waals surface area contributed by atoms with Gasteiger partial charge >= 0.3 is 0 Å². The van der Waals surface area contributed by atoms with Crippen molar-refractivity contribution >= 4 is 17.6 Å². The molecule has 2 rings (SSSR count). The number of nitriles is 1. The number of anilines is 1. The Morgan fingerprint density at radius 3 is 2.63 bits per heavy atom. The first kappa shape index (κ1) is 20.3. The maximum Gasteiger partial charge on any atom is 0.239 e. The molecule has 1 atom stereocenters. The van der Waals surface area contributed by atoms with Crippen LogP contribution in [0.5, 0.6) is 0 Å². The Bertz CT molecular complexity index is 876. The largest absolute Gasteiger partial charge is 0.467 e. The number of nitrogens with one attached hydrogen (secondary N) is 2. The molecule has 2 aromatic heterocycles. The molecular weight excluding hydrogens is 346 g/mol. The molecule has 0 aliphatic rings. The van der Waals surface area contributed by atoms with Gasteiger partial charge in [-0.05, 0) is 44.9 Å².